The lowest BCUT2D eigenvalue weighted by molar-refractivity contribution is 0.276. The summed E-state index contributed by atoms with van der Waals surface area (Å²) >= 11 is 0. The molecule has 0 aliphatic carbocycles. The summed E-state index contributed by atoms with van der Waals surface area (Å²) < 4.78 is 1.99. The standard InChI is InChI=1S/C9H13NO/c1-3-9-6-8(2)7-10(9)4-5-11/h3,6-7,11H,1,4-5H2,2H3. The number of hydrogen-bond donors (Lipinski definition) is 1. The summed E-state index contributed by atoms with van der Waals surface area (Å²) in [6.07, 6.45) is 3.80. The van der Waals surface area contributed by atoms with Crippen LogP contribution in [0.1, 0.15) is 11.3 Å². The highest BCUT2D eigenvalue weighted by Crippen LogP contribution is 2.08. The van der Waals surface area contributed by atoms with Gasteiger partial charge in [0.05, 0.1) is 6.61 Å². The van der Waals surface area contributed by atoms with E-state index in [1.165, 1.54) is 5.56 Å². The summed E-state index contributed by atoms with van der Waals surface area (Å²) in [5.41, 5.74) is 2.27. The van der Waals surface area contributed by atoms with Crippen molar-refractivity contribution in [2.45, 2.75) is 13.5 Å². The summed E-state index contributed by atoms with van der Waals surface area (Å²) in [6, 6.07) is 2.04. The highest BCUT2D eigenvalue weighted by molar-refractivity contribution is 5.44. The Labute approximate surface area is 66.8 Å². The fourth-order valence-corrected chi connectivity index (χ4v) is 1.15. The molecule has 1 rings (SSSR count). The molecule has 0 amide bonds. The van der Waals surface area contributed by atoms with Crippen molar-refractivity contribution < 1.29 is 5.11 Å². The summed E-state index contributed by atoms with van der Waals surface area (Å²) in [7, 11) is 0. The second-order valence-corrected chi connectivity index (χ2v) is 2.56. The predicted molar refractivity (Wildman–Crippen MR) is 46.3 cm³/mol. The SMILES string of the molecule is C=Cc1cc(C)cn1CCO. The zero-order valence-corrected chi connectivity index (χ0v) is 6.75. The Balaban J connectivity index is 2.92. The molecule has 2 nitrogen and oxygen atoms in total. The van der Waals surface area contributed by atoms with Gasteiger partial charge in [0.2, 0.25) is 0 Å². The number of nitrogens with zero attached hydrogens (tertiary/aromatic N) is 1. The minimum Gasteiger partial charge on any atom is -0.395 e. The van der Waals surface area contributed by atoms with Gasteiger partial charge < -0.3 is 9.67 Å². The molecule has 11 heavy (non-hydrogen) atoms. The van der Waals surface area contributed by atoms with Gasteiger partial charge in [-0.1, -0.05) is 6.58 Å². The van der Waals surface area contributed by atoms with Crippen LogP contribution < -0.4 is 0 Å². The van der Waals surface area contributed by atoms with Gasteiger partial charge in [-0.2, -0.15) is 0 Å². The predicted octanol–water partition coefficient (Wildman–Crippen LogP) is 1.43. The van der Waals surface area contributed by atoms with Crippen LogP contribution in [0.2, 0.25) is 0 Å². The van der Waals surface area contributed by atoms with E-state index in [1.54, 1.807) is 6.08 Å². The third kappa shape index (κ3) is 1.71. The van der Waals surface area contributed by atoms with Crippen molar-refractivity contribution in [3.63, 3.8) is 0 Å². The third-order valence-corrected chi connectivity index (χ3v) is 1.62. The monoisotopic (exact) mass is 151 g/mol. The minimum atomic E-state index is 0.176. The Morgan fingerprint density at radius 3 is 3.00 bits per heavy atom. The van der Waals surface area contributed by atoms with E-state index in [2.05, 4.69) is 6.58 Å². The number of aryl methyl sites for hydroxylation is 1. The van der Waals surface area contributed by atoms with Gasteiger partial charge in [-0.15, -0.1) is 0 Å². The lowest BCUT2D eigenvalue weighted by Gasteiger charge is -2.01. The lowest BCUT2D eigenvalue weighted by Crippen LogP contribution is -2.01. The Hall–Kier alpha value is -1.02. The molecule has 1 heterocycles. The van der Waals surface area contributed by atoms with Crippen LogP contribution in [0.4, 0.5) is 0 Å². The van der Waals surface area contributed by atoms with Gasteiger partial charge in [0.25, 0.3) is 0 Å². The van der Waals surface area contributed by atoms with Crippen LogP contribution in [0.3, 0.4) is 0 Å². The summed E-state index contributed by atoms with van der Waals surface area (Å²) in [5, 5.41) is 8.69. The third-order valence-electron chi connectivity index (χ3n) is 1.62. The molecule has 60 valence electrons. The number of aliphatic hydroxyl groups excluding tert-OH is 1. The van der Waals surface area contributed by atoms with Crippen molar-refractivity contribution in [3.8, 4) is 0 Å². The van der Waals surface area contributed by atoms with Crippen LogP contribution in [0.5, 0.6) is 0 Å². The van der Waals surface area contributed by atoms with Crippen LogP contribution in [-0.2, 0) is 6.54 Å². The summed E-state index contributed by atoms with van der Waals surface area (Å²) in [5.74, 6) is 0. The van der Waals surface area contributed by atoms with Gasteiger partial charge in [0, 0.05) is 18.4 Å². The zero-order chi connectivity index (χ0) is 8.27. The van der Waals surface area contributed by atoms with Crippen molar-refractivity contribution in [2.75, 3.05) is 6.61 Å². The first-order valence-electron chi connectivity index (χ1n) is 3.68. The van der Waals surface area contributed by atoms with Gasteiger partial charge >= 0.3 is 0 Å². The second-order valence-electron chi connectivity index (χ2n) is 2.56. The van der Waals surface area contributed by atoms with Gasteiger partial charge in [0.1, 0.15) is 0 Å². The molecule has 1 aromatic heterocycles. The van der Waals surface area contributed by atoms with E-state index >= 15 is 0 Å². The fourth-order valence-electron chi connectivity index (χ4n) is 1.15. The molecular weight excluding hydrogens is 138 g/mol. The summed E-state index contributed by atoms with van der Waals surface area (Å²) in [4.78, 5) is 0. The van der Waals surface area contributed by atoms with Gasteiger partial charge in [-0.25, -0.2) is 0 Å². The molecular formula is C9H13NO. The molecule has 0 aliphatic heterocycles. The van der Waals surface area contributed by atoms with Gasteiger partial charge in [-0.3, -0.25) is 0 Å². The average molecular weight is 151 g/mol. The average Bonchev–Trinajstić information content (AvgIpc) is 2.32. The molecule has 1 N–H and O–H groups in total. The molecule has 0 saturated carbocycles. The Morgan fingerprint density at radius 1 is 1.73 bits per heavy atom. The quantitative estimate of drug-likeness (QED) is 0.694. The van der Waals surface area contributed by atoms with E-state index in [4.69, 9.17) is 5.11 Å². The van der Waals surface area contributed by atoms with E-state index < -0.39 is 0 Å². The maximum absolute atomic E-state index is 8.69. The van der Waals surface area contributed by atoms with E-state index in [9.17, 15) is 0 Å². The first-order valence-corrected chi connectivity index (χ1v) is 3.68. The molecule has 0 unspecified atom stereocenters. The molecule has 0 bridgehead atoms. The molecule has 0 atom stereocenters. The molecule has 0 spiro atoms. The maximum Gasteiger partial charge on any atom is 0.0610 e. The minimum absolute atomic E-state index is 0.176. The van der Waals surface area contributed by atoms with Gasteiger partial charge in [0.15, 0.2) is 0 Å². The van der Waals surface area contributed by atoms with Crippen molar-refractivity contribution in [2.24, 2.45) is 0 Å². The van der Waals surface area contributed by atoms with Crippen LogP contribution in [0, 0.1) is 6.92 Å². The Bertz CT molecular complexity index is 250. The van der Waals surface area contributed by atoms with E-state index in [1.807, 2.05) is 23.8 Å². The molecule has 1 aromatic rings. The van der Waals surface area contributed by atoms with Gasteiger partial charge in [-0.05, 0) is 24.6 Å². The molecule has 0 fully saturated rings. The number of aromatic nitrogens is 1. The highest BCUT2D eigenvalue weighted by atomic mass is 16.3. The van der Waals surface area contributed by atoms with Crippen molar-refractivity contribution in [1.82, 2.24) is 4.57 Å². The number of hydrogen-bond acceptors (Lipinski definition) is 1. The normalized spacial score (nSPS) is 10.0. The first kappa shape index (κ1) is 8.08. The van der Waals surface area contributed by atoms with Crippen LogP contribution in [0.15, 0.2) is 18.8 Å². The summed E-state index contributed by atoms with van der Waals surface area (Å²) in [6.45, 7) is 6.54. The smallest absolute Gasteiger partial charge is 0.0610 e. The topological polar surface area (TPSA) is 25.2 Å². The number of rotatable bonds is 3. The highest BCUT2D eigenvalue weighted by Gasteiger charge is 1.97. The van der Waals surface area contributed by atoms with E-state index in [0.717, 1.165) is 5.69 Å². The fraction of sp³-hybridized carbons (Fsp3) is 0.333. The second kappa shape index (κ2) is 3.39. The Morgan fingerprint density at radius 2 is 2.45 bits per heavy atom. The van der Waals surface area contributed by atoms with Crippen LogP contribution >= 0.6 is 0 Å². The number of aliphatic hydroxyl groups is 1. The van der Waals surface area contributed by atoms with E-state index in [0.29, 0.717) is 6.54 Å². The van der Waals surface area contributed by atoms with Crippen molar-refractivity contribution in [1.29, 1.82) is 0 Å². The van der Waals surface area contributed by atoms with Crippen molar-refractivity contribution in [3.05, 3.63) is 30.1 Å². The molecule has 0 saturated heterocycles. The van der Waals surface area contributed by atoms with Crippen LogP contribution in [0.25, 0.3) is 6.08 Å². The molecule has 2 heteroatoms. The van der Waals surface area contributed by atoms with Crippen LogP contribution in [-0.4, -0.2) is 16.3 Å². The van der Waals surface area contributed by atoms with Crippen molar-refractivity contribution >= 4 is 6.08 Å². The molecule has 0 aromatic carbocycles. The molecule has 0 aliphatic rings. The Kier molecular flexibility index (Phi) is 2.49. The molecule has 0 radical (unpaired) electrons. The lowest BCUT2D eigenvalue weighted by atomic mass is 10.3. The zero-order valence-electron chi connectivity index (χ0n) is 6.75. The van der Waals surface area contributed by atoms with E-state index in [-0.39, 0.29) is 6.61 Å². The maximum atomic E-state index is 8.69. The largest absolute Gasteiger partial charge is 0.395 e. The first-order chi connectivity index (χ1) is 5.27.